The smallest absolute Gasteiger partial charge is 0.243 e. The predicted molar refractivity (Wildman–Crippen MR) is 122 cm³/mol. The van der Waals surface area contributed by atoms with Crippen LogP contribution in [0.1, 0.15) is 25.0 Å². The van der Waals surface area contributed by atoms with Crippen molar-refractivity contribution in [3.8, 4) is 11.4 Å². The van der Waals surface area contributed by atoms with E-state index in [2.05, 4.69) is 57.2 Å². The summed E-state index contributed by atoms with van der Waals surface area (Å²) in [6.45, 7) is 7.06. The first-order chi connectivity index (χ1) is 14.5. The van der Waals surface area contributed by atoms with Gasteiger partial charge in [0.1, 0.15) is 12.4 Å². The molecule has 0 saturated heterocycles. The molecule has 1 aromatic heterocycles. The van der Waals surface area contributed by atoms with Crippen LogP contribution in [-0.4, -0.2) is 26.4 Å². The van der Waals surface area contributed by atoms with E-state index in [1.54, 1.807) is 0 Å². The number of nitrogens with zero attached hydrogens (tertiary/aromatic N) is 3. The lowest BCUT2D eigenvalue weighted by Crippen LogP contribution is -2.38. The van der Waals surface area contributed by atoms with Gasteiger partial charge in [0.05, 0.1) is 11.0 Å². The molecule has 0 saturated carbocycles. The van der Waals surface area contributed by atoms with Crippen LogP contribution in [0.5, 0.6) is 0 Å². The van der Waals surface area contributed by atoms with Gasteiger partial charge in [-0.3, -0.25) is 4.79 Å². The zero-order valence-electron chi connectivity index (χ0n) is 17.7. The maximum Gasteiger partial charge on any atom is 0.243 e. The maximum absolute atomic E-state index is 13.4. The van der Waals surface area contributed by atoms with Gasteiger partial charge in [0.2, 0.25) is 5.91 Å². The van der Waals surface area contributed by atoms with Gasteiger partial charge >= 0.3 is 0 Å². The maximum atomic E-state index is 13.4. The molecule has 0 spiro atoms. The van der Waals surface area contributed by atoms with Gasteiger partial charge < -0.3 is 9.47 Å². The number of imidazole rings is 1. The molecule has 0 aliphatic rings. The number of aryl methyl sites for hydroxylation is 1. The van der Waals surface area contributed by atoms with E-state index in [0.717, 1.165) is 28.0 Å². The van der Waals surface area contributed by atoms with E-state index < -0.39 is 0 Å². The molecule has 4 nitrogen and oxygen atoms in total. The van der Waals surface area contributed by atoms with Crippen LogP contribution in [0.4, 0.5) is 0 Å². The molecule has 0 bridgehead atoms. The Morgan fingerprint density at radius 2 is 1.60 bits per heavy atom. The second kappa shape index (κ2) is 8.54. The highest BCUT2D eigenvalue weighted by Gasteiger charge is 2.21. The zero-order valence-corrected chi connectivity index (χ0v) is 17.7. The number of amides is 1. The fraction of sp³-hybridized carbons (Fsp3) is 0.231. The molecule has 3 aromatic carbocycles. The monoisotopic (exact) mass is 397 g/mol. The SMILES string of the molecule is Cc1ccc(-c2nc3ccccc3n2CC(=O)N(Cc2ccccc2)C(C)C)cc1. The van der Waals surface area contributed by atoms with Crippen LogP contribution < -0.4 is 0 Å². The van der Waals surface area contributed by atoms with Crippen LogP contribution in [0.3, 0.4) is 0 Å². The number of benzene rings is 3. The summed E-state index contributed by atoms with van der Waals surface area (Å²) < 4.78 is 2.04. The van der Waals surface area contributed by atoms with E-state index in [0.29, 0.717) is 6.54 Å². The van der Waals surface area contributed by atoms with Gasteiger partial charge in [-0.15, -0.1) is 0 Å². The summed E-state index contributed by atoms with van der Waals surface area (Å²) in [5.74, 6) is 0.915. The Labute approximate surface area is 177 Å². The molecular weight excluding hydrogens is 370 g/mol. The lowest BCUT2D eigenvalue weighted by Gasteiger charge is -2.27. The lowest BCUT2D eigenvalue weighted by atomic mass is 10.1. The highest BCUT2D eigenvalue weighted by molar-refractivity contribution is 5.84. The normalized spacial score (nSPS) is 11.2. The number of fused-ring (bicyclic) bond motifs is 1. The fourth-order valence-electron chi connectivity index (χ4n) is 3.72. The summed E-state index contributed by atoms with van der Waals surface area (Å²) in [6, 6.07) is 26.6. The van der Waals surface area contributed by atoms with Gasteiger partial charge in [-0.2, -0.15) is 0 Å². The Morgan fingerprint density at radius 3 is 2.30 bits per heavy atom. The third-order valence-corrected chi connectivity index (χ3v) is 5.40. The predicted octanol–water partition coefficient (Wildman–Crippen LogP) is 5.45. The van der Waals surface area contributed by atoms with Crippen LogP contribution in [0.25, 0.3) is 22.4 Å². The van der Waals surface area contributed by atoms with Crippen LogP contribution in [0, 0.1) is 6.92 Å². The summed E-state index contributed by atoms with van der Waals surface area (Å²) in [5.41, 5.74) is 5.23. The summed E-state index contributed by atoms with van der Waals surface area (Å²) in [7, 11) is 0. The third kappa shape index (κ3) is 4.13. The first kappa shape index (κ1) is 19.9. The number of carbonyl (C=O) groups excluding carboxylic acids is 1. The van der Waals surface area contributed by atoms with Crippen molar-refractivity contribution in [1.82, 2.24) is 14.5 Å². The molecule has 0 unspecified atom stereocenters. The molecule has 0 N–H and O–H groups in total. The van der Waals surface area contributed by atoms with Gasteiger partial charge in [-0.1, -0.05) is 72.3 Å². The number of hydrogen-bond donors (Lipinski definition) is 0. The quantitative estimate of drug-likeness (QED) is 0.434. The number of para-hydroxylation sites is 2. The van der Waals surface area contributed by atoms with Crippen LogP contribution in [0.2, 0.25) is 0 Å². The molecule has 4 aromatic rings. The first-order valence-corrected chi connectivity index (χ1v) is 10.4. The minimum atomic E-state index is 0.0883. The lowest BCUT2D eigenvalue weighted by molar-refractivity contribution is -0.134. The van der Waals surface area contributed by atoms with Gasteiger partial charge in [-0.25, -0.2) is 4.98 Å². The van der Waals surface area contributed by atoms with Crippen LogP contribution >= 0.6 is 0 Å². The van der Waals surface area contributed by atoms with Crippen LogP contribution in [0.15, 0.2) is 78.9 Å². The van der Waals surface area contributed by atoms with Crippen molar-refractivity contribution in [1.29, 1.82) is 0 Å². The Bertz CT molecular complexity index is 1140. The van der Waals surface area contributed by atoms with E-state index in [1.807, 2.05) is 51.9 Å². The van der Waals surface area contributed by atoms with Crippen molar-refractivity contribution in [2.45, 2.75) is 39.9 Å². The second-order valence-corrected chi connectivity index (χ2v) is 7.98. The van der Waals surface area contributed by atoms with Gasteiger partial charge in [0.15, 0.2) is 0 Å². The molecule has 0 fully saturated rings. The standard InChI is InChI=1S/C26H27N3O/c1-19(2)28(17-21-9-5-4-6-10-21)25(30)18-29-24-12-8-7-11-23(24)27-26(29)22-15-13-20(3)14-16-22/h4-16,19H,17-18H2,1-3H3. The minimum absolute atomic E-state index is 0.0883. The topological polar surface area (TPSA) is 38.1 Å². The average Bonchev–Trinajstić information content (AvgIpc) is 3.11. The molecule has 4 heteroatoms. The fourth-order valence-corrected chi connectivity index (χ4v) is 3.72. The first-order valence-electron chi connectivity index (χ1n) is 10.4. The average molecular weight is 398 g/mol. The highest BCUT2D eigenvalue weighted by atomic mass is 16.2. The van der Waals surface area contributed by atoms with Gasteiger partial charge in [0, 0.05) is 18.2 Å². The summed E-state index contributed by atoms with van der Waals surface area (Å²) in [4.78, 5) is 20.2. The van der Waals surface area contributed by atoms with Gasteiger partial charge in [0.25, 0.3) is 0 Å². The molecular formula is C26H27N3O. The number of rotatable bonds is 6. The molecule has 0 aliphatic heterocycles. The minimum Gasteiger partial charge on any atom is -0.334 e. The summed E-state index contributed by atoms with van der Waals surface area (Å²) >= 11 is 0. The second-order valence-electron chi connectivity index (χ2n) is 7.98. The number of carbonyl (C=O) groups is 1. The third-order valence-electron chi connectivity index (χ3n) is 5.40. The van der Waals surface area contributed by atoms with Gasteiger partial charge in [-0.05, 0) is 38.5 Å². The Hall–Kier alpha value is -3.40. The van der Waals surface area contributed by atoms with Crippen molar-refractivity contribution in [3.05, 3.63) is 90.0 Å². The molecule has 1 heterocycles. The zero-order chi connectivity index (χ0) is 21.1. The van der Waals surface area contributed by atoms with E-state index in [1.165, 1.54) is 5.56 Å². The molecule has 1 amide bonds. The largest absolute Gasteiger partial charge is 0.334 e. The number of aromatic nitrogens is 2. The van der Waals surface area contributed by atoms with Crippen molar-refractivity contribution in [2.75, 3.05) is 0 Å². The van der Waals surface area contributed by atoms with E-state index >= 15 is 0 Å². The molecule has 30 heavy (non-hydrogen) atoms. The Balaban J connectivity index is 1.70. The van der Waals surface area contributed by atoms with Crippen molar-refractivity contribution in [2.24, 2.45) is 0 Å². The molecule has 0 atom stereocenters. The molecule has 0 aliphatic carbocycles. The van der Waals surface area contributed by atoms with Crippen molar-refractivity contribution in [3.63, 3.8) is 0 Å². The highest BCUT2D eigenvalue weighted by Crippen LogP contribution is 2.25. The Morgan fingerprint density at radius 1 is 0.933 bits per heavy atom. The van der Waals surface area contributed by atoms with Crippen LogP contribution in [-0.2, 0) is 17.9 Å². The Kier molecular flexibility index (Phi) is 5.66. The van der Waals surface area contributed by atoms with E-state index in [9.17, 15) is 4.79 Å². The summed E-state index contributed by atoms with van der Waals surface area (Å²) in [5, 5.41) is 0. The molecule has 0 radical (unpaired) electrons. The van der Waals surface area contributed by atoms with E-state index in [4.69, 9.17) is 4.98 Å². The summed E-state index contributed by atoms with van der Waals surface area (Å²) in [6.07, 6.45) is 0. The number of hydrogen-bond acceptors (Lipinski definition) is 2. The van der Waals surface area contributed by atoms with Crippen molar-refractivity contribution < 1.29 is 4.79 Å². The van der Waals surface area contributed by atoms with E-state index in [-0.39, 0.29) is 18.5 Å². The molecule has 152 valence electrons. The van der Waals surface area contributed by atoms with Crippen molar-refractivity contribution >= 4 is 16.9 Å². The molecule has 4 rings (SSSR count).